The lowest BCUT2D eigenvalue weighted by Gasteiger charge is -2.31. The van der Waals surface area contributed by atoms with E-state index in [0.29, 0.717) is 12.0 Å². The molecule has 3 rings (SSSR count). The van der Waals surface area contributed by atoms with E-state index in [-0.39, 0.29) is 29.8 Å². The number of ether oxygens (including phenoxy) is 1. The molecule has 4 heteroatoms. The van der Waals surface area contributed by atoms with Crippen LogP contribution in [0.25, 0.3) is 0 Å². The van der Waals surface area contributed by atoms with Crippen LogP contribution < -0.4 is 0 Å². The lowest BCUT2D eigenvalue weighted by Crippen LogP contribution is -2.27. The summed E-state index contributed by atoms with van der Waals surface area (Å²) in [5.74, 6) is 5.26. The van der Waals surface area contributed by atoms with E-state index in [1.807, 2.05) is 18.2 Å². The lowest BCUT2D eigenvalue weighted by molar-refractivity contribution is -0.142. The van der Waals surface area contributed by atoms with Crippen molar-refractivity contribution in [3.05, 3.63) is 70.0 Å². The van der Waals surface area contributed by atoms with Crippen LogP contribution in [0.4, 0.5) is 4.39 Å². The maximum Gasteiger partial charge on any atom is 0.310 e. The summed E-state index contributed by atoms with van der Waals surface area (Å²) in [6, 6.07) is 10.2. The third-order valence-corrected chi connectivity index (χ3v) is 5.07. The van der Waals surface area contributed by atoms with Crippen LogP contribution in [0.5, 0.6) is 0 Å². The summed E-state index contributed by atoms with van der Waals surface area (Å²) in [5, 5.41) is 0. The quantitative estimate of drug-likeness (QED) is 0.580. The first-order chi connectivity index (χ1) is 13.3. The molecule has 0 spiro atoms. The highest BCUT2D eigenvalue weighted by Crippen LogP contribution is 2.37. The van der Waals surface area contributed by atoms with Crippen LogP contribution in [0, 0.1) is 17.7 Å². The minimum atomic E-state index is -0.475. The largest absolute Gasteiger partial charge is 0.466 e. The highest BCUT2D eigenvalue weighted by molar-refractivity contribution is 5.99. The Labute approximate surface area is 164 Å². The van der Waals surface area contributed by atoms with Crippen LogP contribution in [-0.4, -0.2) is 18.4 Å². The molecule has 0 radical (unpaired) electrons. The van der Waals surface area contributed by atoms with Gasteiger partial charge in [-0.25, -0.2) is 4.39 Å². The molecule has 0 aromatic heterocycles. The fourth-order valence-electron chi connectivity index (χ4n) is 3.40. The molecule has 0 amide bonds. The van der Waals surface area contributed by atoms with E-state index in [4.69, 9.17) is 4.74 Å². The zero-order valence-corrected chi connectivity index (χ0v) is 16.4. The molecular weight excluding hydrogens is 355 g/mol. The molecule has 0 aliphatic heterocycles. The smallest absolute Gasteiger partial charge is 0.310 e. The molecule has 0 saturated heterocycles. The fraction of sp³-hybridized carbons (Fsp3) is 0.333. The number of benzene rings is 2. The molecule has 0 atom stereocenters. The van der Waals surface area contributed by atoms with Gasteiger partial charge >= 0.3 is 5.97 Å². The minimum Gasteiger partial charge on any atom is -0.466 e. The van der Waals surface area contributed by atoms with Gasteiger partial charge < -0.3 is 4.74 Å². The van der Waals surface area contributed by atoms with Gasteiger partial charge in [-0.05, 0) is 60.2 Å². The van der Waals surface area contributed by atoms with Crippen molar-refractivity contribution in [3.63, 3.8) is 0 Å². The Kier molecular flexibility index (Phi) is 5.65. The molecule has 1 aliphatic carbocycles. The van der Waals surface area contributed by atoms with E-state index in [9.17, 15) is 14.0 Å². The first-order valence-corrected chi connectivity index (χ1v) is 9.44. The van der Waals surface area contributed by atoms with E-state index >= 15 is 0 Å². The Balaban J connectivity index is 1.83. The van der Waals surface area contributed by atoms with Crippen LogP contribution in [0.2, 0.25) is 0 Å². The van der Waals surface area contributed by atoms with Crippen LogP contribution in [0.15, 0.2) is 36.4 Å². The number of carbonyl (C=O) groups is 2. The molecule has 0 N–H and O–H groups in total. The second-order valence-electron chi connectivity index (χ2n) is 7.61. The number of rotatable bonds is 3. The number of hydrogen-bond acceptors (Lipinski definition) is 3. The zero-order chi connectivity index (χ0) is 20.3. The maximum absolute atomic E-state index is 14.2. The molecule has 0 heterocycles. The summed E-state index contributed by atoms with van der Waals surface area (Å²) in [6.07, 6.45) is 1.30. The van der Waals surface area contributed by atoms with Gasteiger partial charge in [0.05, 0.1) is 13.0 Å². The number of hydrogen-bond donors (Lipinski definition) is 0. The van der Waals surface area contributed by atoms with E-state index in [0.717, 1.165) is 23.1 Å². The number of esters is 1. The lowest BCUT2D eigenvalue weighted by atomic mass is 9.72. The van der Waals surface area contributed by atoms with Gasteiger partial charge in [0.15, 0.2) is 5.78 Å². The van der Waals surface area contributed by atoms with Crippen molar-refractivity contribution in [3.8, 4) is 11.8 Å². The Morgan fingerprint density at radius 1 is 1.14 bits per heavy atom. The molecule has 144 valence electrons. The van der Waals surface area contributed by atoms with E-state index < -0.39 is 11.8 Å². The van der Waals surface area contributed by atoms with Crippen LogP contribution in [0.1, 0.15) is 66.2 Å². The minimum absolute atomic E-state index is 0.0677. The Morgan fingerprint density at radius 3 is 2.50 bits per heavy atom. The summed E-state index contributed by atoms with van der Waals surface area (Å²) in [4.78, 5) is 23.7. The van der Waals surface area contributed by atoms with Crippen LogP contribution in [0.3, 0.4) is 0 Å². The molecule has 0 saturated carbocycles. The van der Waals surface area contributed by atoms with Crippen molar-refractivity contribution in [2.45, 2.75) is 45.4 Å². The van der Waals surface area contributed by atoms with Gasteiger partial charge in [-0.3, -0.25) is 9.59 Å². The second-order valence-corrected chi connectivity index (χ2v) is 7.61. The number of Topliss-reactive ketones (excluding diaryl/α,β-unsaturated/α-hetero) is 1. The first-order valence-electron chi connectivity index (χ1n) is 9.44. The molecule has 2 aromatic rings. The maximum atomic E-state index is 14.2. The fourth-order valence-corrected chi connectivity index (χ4v) is 3.40. The van der Waals surface area contributed by atoms with Gasteiger partial charge in [-0.15, -0.1) is 0 Å². The van der Waals surface area contributed by atoms with E-state index in [1.54, 1.807) is 19.1 Å². The third-order valence-electron chi connectivity index (χ3n) is 5.07. The number of ketones is 1. The standard InChI is InChI=1S/C24H23FO3/c1-4-28-23(27)15-18-9-7-17(14-21(18)25)6-5-16-8-10-19-20(13-16)24(2,3)12-11-22(19)26/h7-10,13-14H,4,11-12,15H2,1-3H3. The van der Waals surface area contributed by atoms with Gasteiger partial charge in [0, 0.05) is 23.1 Å². The Hall–Kier alpha value is -2.93. The third kappa shape index (κ3) is 4.31. The molecular formula is C24H23FO3. The monoisotopic (exact) mass is 378 g/mol. The molecule has 1 aliphatic rings. The van der Waals surface area contributed by atoms with Gasteiger partial charge in [-0.1, -0.05) is 31.8 Å². The average molecular weight is 378 g/mol. The summed E-state index contributed by atoms with van der Waals surface area (Å²) in [5.41, 5.74) is 3.33. The Morgan fingerprint density at radius 2 is 1.82 bits per heavy atom. The van der Waals surface area contributed by atoms with Crippen LogP contribution in [-0.2, 0) is 21.4 Å². The zero-order valence-electron chi connectivity index (χ0n) is 16.4. The number of halogens is 1. The van der Waals surface area contributed by atoms with Crippen molar-refractivity contribution >= 4 is 11.8 Å². The molecule has 2 aromatic carbocycles. The highest BCUT2D eigenvalue weighted by atomic mass is 19.1. The SMILES string of the molecule is CCOC(=O)Cc1ccc(C#Cc2ccc3c(c2)C(C)(C)CCC3=O)cc1F. The first kappa shape index (κ1) is 19.8. The van der Waals surface area contributed by atoms with Gasteiger partial charge in [-0.2, -0.15) is 0 Å². The van der Waals surface area contributed by atoms with Crippen molar-refractivity contribution < 1.29 is 18.7 Å². The Bertz CT molecular complexity index is 993. The number of carbonyl (C=O) groups excluding carboxylic acids is 2. The molecule has 0 unspecified atom stereocenters. The highest BCUT2D eigenvalue weighted by Gasteiger charge is 2.31. The number of fused-ring (bicyclic) bond motifs is 1. The van der Waals surface area contributed by atoms with Crippen molar-refractivity contribution in [1.29, 1.82) is 0 Å². The van der Waals surface area contributed by atoms with E-state index in [1.165, 1.54) is 6.07 Å². The van der Waals surface area contributed by atoms with Crippen molar-refractivity contribution in [2.24, 2.45) is 0 Å². The molecule has 3 nitrogen and oxygen atoms in total. The summed E-state index contributed by atoms with van der Waals surface area (Å²) in [7, 11) is 0. The van der Waals surface area contributed by atoms with Gasteiger partial charge in [0.2, 0.25) is 0 Å². The predicted molar refractivity (Wildman–Crippen MR) is 106 cm³/mol. The summed E-state index contributed by atoms with van der Waals surface area (Å²) >= 11 is 0. The van der Waals surface area contributed by atoms with Gasteiger partial charge in [0.1, 0.15) is 5.82 Å². The molecule has 0 fully saturated rings. The molecule has 28 heavy (non-hydrogen) atoms. The van der Waals surface area contributed by atoms with Crippen molar-refractivity contribution in [1.82, 2.24) is 0 Å². The van der Waals surface area contributed by atoms with Crippen molar-refractivity contribution in [2.75, 3.05) is 6.61 Å². The predicted octanol–water partition coefficient (Wildman–Crippen LogP) is 4.59. The average Bonchev–Trinajstić information content (AvgIpc) is 2.65. The topological polar surface area (TPSA) is 43.4 Å². The van der Waals surface area contributed by atoms with E-state index in [2.05, 4.69) is 25.7 Å². The molecule has 0 bridgehead atoms. The normalized spacial score (nSPS) is 14.6. The summed E-state index contributed by atoms with van der Waals surface area (Å²) < 4.78 is 19.1. The van der Waals surface area contributed by atoms with Gasteiger partial charge in [0.25, 0.3) is 0 Å². The summed E-state index contributed by atoms with van der Waals surface area (Å²) in [6.45, 7) is 6.25. The van der Waals surface area contributed by atoms with Crippen LogP contribution >= 0.6 is 0 Å². The second kappa shape index (κ2) is 7.98.